The summed E-state index contributed by atoms with van der Waals surface area (Å²) in [6.07, 6.45) is -0.607. The van der Waals surface area contributed by atoms with Crippen molar-refractivity contribution in [2.75, 3.05) is 19.9 Å². The molecular formula is C26H25F4N3O3. The standard InChI is InChI=1S/C26H25F4N3O3/c1-16(26(28,29)30)31-15-33(32-12-5-13-36-14-22(34)24(32)25(31)35)23-18-7-3-2-6-17(18)10-11-19-20(23)8-4-9-21(19)27/h2-9,12,16,23,34H,10-11,13-15H2,1H3/b12-5-,24-22+/t16-,23+/m1/s1. The van der Waals surface area contributed by atoms with E-state index in [1.54, 1.807) is 23.2 Å². The SMILES string of the molecule is C[C@@H](N1CN([C@H]2c3ccccc3CCc3c(F)cccc32)N2/C=C\COC/C(O)=C\2C1=O)C(F)(F)F. The van der Waals surface area contributed by atoms with Crippen molar-refractivity contribution in [3.63, 3.8) is 0 Å². The number of hydrogen-bond acceptors (Lipinski definition) is 5. The maximum absolute atomic E-state index is 15.0. The molecule has 5 rings (SSSR count). The zero-order valence-electron chi connectivity index (χ0n) is 19.5. The second kappa shape index (κ2) is 9.25. The van der Waals surface area contributed by atoms with Crippen molar-refractivity contribution in [1.82, 2.24) is 14.9 Å². The van der Waals surface area contributed by atoms with Crippen LogP contribution in [-0.4, -0.2) is 58.0 Å². The molecule has 0 spiro atoms. The molecule has 6 nitrogen and oxygen atoms in total. The van der Waals surface area contributed by atoms with Crippen molar-refractivity contribution in [2.45, 2.75) is 38.0 Å². The number of hydrazine groups is 1. The van der Waals surface area contributed by atoms with E-state index < -0.39 is 42.4 Å². The van der Waals surface area contributed by atoms with E-state index in [2.05, 4.69) is 0 Å². The highest BCUT2D eigenvalue weighted by molar-refractivity contribution is 5.94. The van der Waals surface area contributed by atoms with Crippen molar-refractivity contribution in [2.24, 2.45) is 0 Å². The van der Waals surface area contributed by atoms with Crippen LogP contribution in [0.3, 0.4) is 0 Å². The number of fused-ring (bicyclic) bond motifs is 3. The average molecular weight is 503 g/mol. The van der Waals surface area contributed by atoms with Crippen LogP contribution in [-0.2, 0) is 22.4 Å². The molecule has 0 unspecified atom stereocenters. The number of aliphatic hydroxyl groups is 1. The molecule has 2 aliphatic heterocycles. The maximum Gasteiger partial charge on any atom is 0.408 e. The van der Waals surface area contributed by atoms with Crippen LogP contribution in [0, 0.1) is 5.82 Å². The highest BCUT2D eigenvalue weighted by atomic mass is 19.4. The summed E-state index contributed by atoms with van der Waals surface area (Å²) in [6.45, 7) is 0.269. The Kier molecular flexibility index (Phi) is 6.25. The molecule has 3 aliphatic rings. The van der Waals surface area contributed by atoms with Gasteiger partial charge in [-0.15, -0.1) is 0 Å². The number of carbonyl (C=O) groups is 1. The summed E-state index contributed by atoms with van der Waals surface area (Å²) in [7, 11) is 0. The molecule has 0 aromatic heterocycles. The summed E-state index contributed by atoms with van der Waals surface area (Å²) >= 11 is 0. The fourth-order valence-electron chi connectivity index (χ4n) is 5.05. The Hall–Kier alpha value is -3.37. The Morgan fingerprint density at radius 2 is 1.83 bits per heavy atom. The van der Waals surface area contributed by atoms with Gasteiger partial charge in [0.15, 0.2) is 5.70 Å². The lowest BCUT2D eigenvalue weighted by Gasteiger charge is -2.49. The molecule has 0 saturated carbocycles. The molecule has 2 atom stereocenters. The van der Waals surface area contributed by atoms with Gasteiger partial charge in [-0.05, 0) is 54.2 Å². The zero-order valence-corrected chi connectivity index (χ0v) is 19.5. The third-order valence-electron chi connectivity index (χ3n) is 6.92. The first kappa shape index (κ1) is 24.3. The molecule has 1 aliphatic carbocycles. The van der Waals surface area contributed by atoms with Crippen molar-refractivity contribution in [3.8, 4) is 0 Å². The first-order chi connectivity index (χ1) is 17.2. The Bertz CT molecular complexity index is 1240. The van der Waals surface area contributed by atoms with Crippen molar-refractivity contribution in [1.29, 1.82) is 0 Å². The van der Waals surface area contributed by atoms with Crippen molar-refractivity contribution >= 4 is 5.91 Å². The first-order valence-electron chi connectivity index (χ1n) is 11.6. The van der Waals surface area contributed by atoms with E-state index in [1.165, 1.54) is 17.3 Å². The van der Waals surface area contributed by atoms with Crippen LogP contribution in [0.15, 0.2) is 66.2 Å². The van der Waals surface area contributed by atoms with Gasteiger partial charge in [0.05, 0.1) is 19.3 Å². The minimum absolute atomic E-state index is 0.130. The summed E-state index contributed by atoms with van der Waals surface area (Å²) in [5.41, 5.74) is 2.47. The second-order valence-corrected chi connectivity index (χ2v) is 9.02. The Balaban J connectivity index is 1.74. The Morgan fingerprint density at radius 3 is 2.61 bits per heavy atom. The van der Waals surface area contributed by atoms with E-state index >= 15 is 4.39 Å². The number of hydrogen-bond donors (Lipinski definition) is 1. The third kappa shape index (κ3) is 4.14. The van der Waals surface area contributed by atoms with Gasteiger partial charge in [-0.25, -0.2) is 4.39 Å². The van der Waals surface area contributed by atoms with Crippen LogP contribution in [0.4, 0.5) is 17.6 Å². The summed E-state index contributed by atoms with van der Waals surface area (Å²) in [5.74, 6) is -1.84. The fraction of sp³-hybridized carbons (Fsp3) is 0.346. The van der Waals surface area contributed by atoms with Gasteiger partial charge in [0.2, 0.25) is 0 Å². The highest BCUT2D eigenvalue weighted by Crippen LogP contribution is 2.42. The van der Waals surface area contributed by atoms with E-state index in [4.69, 9.17) is 4.74 Å². The van der Waals surface area contributed by atoms with Crippen LogP contribution in [0.25, 0.3) is 0 Å². The minimum atomic E-state index is -4.70. The number of nitrogens with zero attached hydrogens (tertiary/aromatic N) is 3. The summed E-state index contributed by atoms with van der Waals surface area (Å²) in [4.78, 5) is 14.0. The number of amides is 1. The number of halogens is 4. The number of aryl methyl sites for hydroxylation is 1. The molecular weight excluding hydrogens is 478 g/mol. The maximum atomic E-state index is 15.0. The van der Waals surface area contributed by atoms with Gasteiger partial charge < -0.3 is 14.7 Å². The molecule has 1 saturated heterocycles. The quantitative estimate of drug-likeness (QED) is 0.608. The van der Waals surface area contributed by atoms with Gasteiger partial charge in [0.25, 0.3) is 5.91 Å². The lowest BCUT2D eigenvalue weighted by Crippen LogP contribution is -2.62. The smallest absolute Gasteiger partial charge is 0.408 e. The molecule has 2 aromatic carbocycles. The normalized spacial score (nSPS) is 24.7. The predicted octanol–water partition coefficient (Wildman–Crippen LogP) is 4.60. The van der Waals surface area contributed by atoms with E-state index in [1.807, 2.05) is 24.3 Å². The van der Waals surface area contributed by atoms with E-state index in [0.29, 0.717) is 28.9 Å². The molecule has 0 bridgehead atoms. The number of aliphatic hydroxyl groups excluding tert-OH is 1. The van der Waals surface area contributed by atoms with E-state index in [0.717, 1.165) is 18.1 Å². The van der Waals surface area contributed by atoms with Crippen LogP contribution in [0.1, 0.15) is 35.2 Å². The molecule has 1 amide bonds. The second-order valence-electron chi connectivity index (χ2n) is 9.02. The topological polar surface area (TPSA) is 56.3 Å². The molecule has 0 radical (unpaired) electrons. The Labute approximate surface area is 205 Å². The van der Waals surface area contributed by atoms with Gasteiger partial charge >= 0.3 is 6.18 Å². The summed E-state index contributed by atoms with van der Waals surface area (Å²) in [5, 5.41) is 13.7. The molecule has 36 heavy (non-hydrogen) atoms. The molecule has 1 fully saturated rings. The molecule has 2 heterocycles. The van der Waals surface area contributed by atoms with E-state index in [9.17, 15) is 23.1 Å². The van der Waals surface area contributed by atoms with Gasteiger partial charge in [0, 0.05) is 6.20 Å². The molecule has 1 N–H and O–H groups in total. The minimum Gasteiger partial charge on any atom is -0.507 e. The molecule has 2 aromatic rings. The predicted molar refractivity (Wildman–Crippen MR) is 123 cm³/mol. The Morgan fingerprint density at radius 1 is 1.08 bits per heavy atom. The fourth-order valence-corrected chi connectivity index (χ4v) is 5.05. The lowest BCUT2D eigenvalue weighted by molar-refractivity contribution is -0.203. The molecule has 10 heteroatoms. The number of rotatable bonds is 2. The number of benzene rings is 2. The molecule has 190 valence electrons. The van der Waals surface area contributed by atoms with Crippen LogP contribution in [0.5, 0.6) is 0 Å². The van der Waals surface area contributed by atoms with E-state index in [-0.39, 0.29) is 18.9 Å². The largest absolute Gasteiger partial charge is 0.507 e. The van der Waals surface area contributed by atoms with Gasteiger partial charge in [0.1, 0.15) is 24.2 Å². The van der Waals surface area contributed by atoms with Crippen molar-refractivity contribution < 1.29 is 32.2 Å². The lowest BCUT2D eigenvalue weighted by atomic mass is 9.93. The monoisotopic (exact) mass is 503 g/mol. The van der Waals surface area contributed by atoms with Gasteiger partial charge in [-0.3, -0.25) is 9.80 Å². The van der Waals surface area contributed by atoms with Crippen molar-refractivity contribution in [3.05, 3.63) is 94.3 Å². The summed E-state index contributed by atoms with van der Waals surface area (Å²) in [6, 6.07) is 9.34. The third-order valence-corrected chi connectivity index (χ3v) is 6.92. The zero-order chi connectivity index (χ0) is 25.6. The van der Waals surface area contributed by atoms with Gasteiger partial charge in [-0.2, -0.15) is 18.2 Å². The number of carbonyl (C=O) groups excluding carboxylic acids is 1. The van der Waals surface area contributed by atoms with Crippen LogP contribution in [0.2, 0.25) is 0 Å². The highest BCUT2D eigenvalue weighted by Gasteiger charge is 2.49. The number of alkyl halides is 3. The first-order valence-corrected chi connectivity index (χ1v) is 11.6. The number of ether oxygens (including phenoxy) is 1. The summed E-state index contributed by atoms with van der Waals surface area (Å²) < 4.78 is 61.9. The average Bonchev–Trinajstić information content (AvgIpc) is 2.99. The van der Waals surface area contributed by atoms with Gasteiger partial charge in [-0.1, -0.05) is 36.4 Å². The van der Waals surface area contributed by atoms with Crippen LogP contribution < -0.4 is 0 Å². The van der Waals surface area contributed by atoms with Crippen LogP contribution >= 0.6 is 0 Å².